The highest BCUT2D eigenvalue weighted by molar-refractivity contribution is 5.95. The minimum atomic E-state index is -0.705. The highest BCUT2D eigenvalue weighted by atomic mass is 16.5. The molecular formula is C23H27NO9. The largest absolute Gasteiger partial charge is 0.493 e. The lowest BCUT2D eigenvalue weighted by Gasteiger charge is -2.14. The van der Waals surface area contributed by atoms with E-state index in [2.05, 4.69) is 5.32 Å². The molecule has 0 spiro atoms. The molecule has 0 radical (unpaired) electrons. The molecule has 0 bridgehead atoms. The van der Waals surface area contributed by atoms with Crippen molar-refractivity contribution in [2.24, 2.45) is 0 Å². The van der Waals surface area contributed by atoms with Crippen LogP contribution in [0.5, 0.6) is 34.5 Å². The van der Waals surface area contributed by atoms with E-state index >= 15 is 0 Å². The molecule has 10 heteroatoms. The van der Waals surface area contributed by atoms with E-state index in [1.165, 1.54) is 54.8 Å². The summed E-state index contributed by atoms with van der Waals surface area (Å²) in [5, 5.41) is 2.61. The first-order valence-electron chi connectivity index (χ1n) is 9.65. The molecule has 1 N–H and O–H groups in total. The van der Waals surface area contributed by atoms with Crippen LogP contribution in [-0.2, 0) is 14.3 Å². The fourth-order valence-electron chi connectivity index (χ4n) is 2.90. The molecule has 0 unspecified atom stereocenters. The summed E-state index contributed by atoms with van der Waals surface area (Å²) < 4.78 is 36.5. The smallest absolute Gasteiger partial charge is 0.331 e. The van der Waals surface area contributed by atoms with Crippen molar-refractivity contribution in [1.29, 1.82) is 0 Å². The van der Waals surface area contributed by atoms with Gasteiger partial charge in [-0.25, -0.2) is 4.79 Å². The second-order valence-corrected chi connectivity index (χ2v) is 6.36. The summed E-state index contributed by atoms with van der Waals surface area (Å²) in [6.45, 7) is -0.491. The predicted molar refractivity (Wildman–Crippen MR) is 121 cm³/mol. The summed E-state index contributed by atoms with van der Waals surface area (Å²) in [6.07, 6.45) is 2.69. The standard InChI is InChI=1S/C23H27NO9/c1-27-16-9-14(10-17(28-2)22(16)31-5)7-8-21(26)33-13-20(25)24-15-11-18(29-3)23(32-6)19(12-15)30-4/h7-12H,13H2,1-6H3,(H,24,25). The Bertz CT molecular complexity index is 967. The molecule has 178 valence electrons. The first kappa shape index (κ1) is 25.2. The van der Waals surface area contributed by atoms with E-state index in [1.807, 2.05) is 0 Å². The molecule has 0 aliphatic rings. The van der Waals surface area contributed by atoms with Crippen molar-refractivity contribution in [2.75, 3.05) is 54.6 Å². The molecule has 2 aromatic carbocycles. The molecule has 0 saturated carbocycles. The lowest BCUT2D eigenvalue weighted by atomic mass is 10.1. The molecule has 2 aromatic rings. The van der Waals surface area contributed by atoms with Gasteiger partial charge in [0.15, 0.2) is 29.6 Å². The molecule has 33 heavy (non-hydrogen) atoms. The Labute approximate surface area is 191 Å². The molecule has 0 saturated heterocycles. The molecule has 0 heterocycles. The summed E-state index contributed by atoms with van der Waals surface area (Å²) in [5.74, 6) is 1.20. The SMILES string of the molecule is COc1cc(C=CC(=O)OCC(=O)Nc2cc(OC)c(OC)c(OC)c2)cc(OC)c1OC. The number of amides is 1. The first-order valence-corrected chi connectivity index (χ1v) is 9.65. The van der Waals surface area contributed by atoms with Gasteiger partial charge in [-0.3, -0.25) is 4.79 Å². The first-order chi connectivity index (χ1) is 15.9. The van der Waals surface area contributed by atoms with E-state index in [0.29, 0.717) is 45.7 Å². The van der Waals surface area contributed by atoms with Gasteiger partial charge in [0, 0.05) is 23.9 Å². The van der Waals surface area contributed by atoms with Crippen LogP contribution < -0.4 is 33.7 Å². The summed E-state index contributed by atoms with van der Waals surface area (Å²) >= 11 is 0. The molecule has 0 aromatic heterocycles. The van der Waals surface area contributed by atoms with Gasteiger partial charge in [-0.05, 0) is 23.8 Å². The van der Waals surface area contributed by atoms with Crippen LogP contribution in [0, 0.1) is 0 Å². The Morgan fingerprint density at radius 3 is 1.61 bits per heavy atom. The van der Waals surface area contributed by atoms with Gasteiger partial charge in [0.05, 0.1) is 42.7 Å². The summed E-state index contributed by atoms with van der Waals surface area (Å²) in [5.41, 5.74) is 1.00. The zero-order chi connectivity index (χ0) is 24.4. The van der Waals surface area contributed by atoms with Crippen LogP contribution in [0.25, 0.3) is 6.08 Å². The van der Waals surface area contributed by atoms with Gasteiger partial charge < -0.3 is 38.5 Å². The molecule has 2 rings (SSSR count). The maximum Gasteiger partial charge on any atom is 0.331 e. The Morgan fingerprint density at radius 1 is 0.727 bits per heavy atom. The summed E-state index contributed by atoms with van der Waals surface area (Å²) in [4.78, 5) is 24.3. The molecule has 0 atom stereocenters. The maximum absolute atomic E-state index is 12.2. The minimum absolute atomic E-state index is 0.373. The summed E-state index contributed by atoms with van der Waals surface area (Å²) in [7, 11) is 8.88. The number of methoxy groups -OCH3 is 6. The zero-order valence-corrected chi connectivity index (χ0v) is 19.3. The average molecular weight is 461 g/mol. The van der Waals surface area contributed by atoms with Crippen molar-refractivity contribution in [2.45, 2.75) is 0 Å². The van der Waals surface area contributed by atoms with Gasteiger partial charge in [-0.15, -0.1) is 0 Å². The number of ether oxygens (including phenoxy) is 7. The van der Waals surface area contributed by atoms with Crippen molar-refractivity contribution in [1.82, 2.24) is 0 Å². The molecule has 0 aliphatic carbocycles. The minimum Gasteiger partial charge on any atom is -0.493 e. The number of hydrogen-bond acceptors (Lipinski definition) is 9. The van der Waals surface area contributed by atoms with Gasteiger partial charge in [-0.2, -0.15) is 0 Å². The number of hydrogen-bond donors (Lipinski definition) is 1. The van der Waals surface area contributed by atoms with Crippen molar-refractivity contribution in [3.8, 4) is 34.5 Å². The second kappa shape index (κ2) is 12.1. The van der Waals surface area contributed by atoms with E-state index in [-0.39, 0.29) is 0 Å². The maximum atomic E-state index is 12.2. The fourth-order valence-corrected chi connectivity index (χ4v) is 2.90. The van der Waals surface area contributed by atoms with Crippen LogP contribution in [0.4, 0.5) is 5.69 Å². The van der Waals surface area contributed by atoms with Crippen molar-refractivity contribution in [3.05, 3.63) is 35.9 Å². The van der Waals surface area contributed by atoms with Crippen molar-refractivity contribution < 1.29 is 42.7 Å². The number of nitrogens with one attached hydrogen (secondary N) is 1. The zero-order valence-electron chi connectivity index (χ0n) is 19.3. The number of rotatable bonds is 11. The normalized spacial score (nSPS) is 10.4. The number of anilines is 1. The van der Waals surface area contributed by atoms with Crippen LogP contribution in [-0.4, -0.2) is 61.1 Å². The van der Waals surface area contributed by atoms with Crippen LogP contribution in [0.3, 0.4) is 0 Å². The third-order valence-electron chi connectivity index (χ3n) is 4.39. The van der Waals surface area contributed by atoms with Crippen LogP contribution in [0.15, 0.2) is 30.3 Å². The number of carbonyl (C=O) groups excluding carboxylic acids is 2. The Hall–Kier alpha value is -4.08. The van der Waals surface area contributed by atoms with Crippen LogP contribution in [0.2, 0.25) is 0 Å². The Morgan fingerprint density at radius 2 is 1.18 bits per heavy atom. The number of esters is 1. The van der Waals surface area contributed by atoms with Crippen LogP contribution in [0.1, 0.15) is 5.56 Å². The quantitative estimate of drug-likeness (QED) is 0.399. The van der Waals surface area contributed by atoms with Crippen LogP contribution >= 0.6 is 0 Å². The molecule has 10 nitrogen and oxygen atoms in total. The van der Waals surface area contributed by atoms with E-state index < -0.39 is 18.5 Å². The molecule has 0 aliphatic heterocycles. The molecule has 0 fully saturated rings. The van der Waals surface area contributed by atoms with E-state index in [1.54, 1.807) is 24.3 Å². The van der Waals surface area contributed by atoms with Gasteiger partial charge in [0.2, 0.25) is 11.5 Å². The van der Waals surface area contributed by atoms with E-state index in [9.17, 15) is 9.59 Å². The number of benzene rings is 2. The fraction of sp³-hybridized carbons (Fsp3) is 0.304. The van der Waals surface area contributed by atoms with E-state index in [4.69, 9.17) is 33.2 Å². The summed E-state index contributed by atoms with van der Waals surface area (Å²) in [6, 6.07) is 6.46. The monoisotopic (exact) mass is 461 g/mol. The highest BCUT2D eigenvalue weighted by Crippen LogP contribution is 2.40. The Kier molecular flexibility index (Phi) is 9.22. The third-order valence-corrected chi connectivity index (χ3v) is 4.39. The van der Waals surface area contributed by atoms with Gasteiger partial charge >= 0.3 is 5.97 Å². The van der Waals surface area contributed by atoms with Gasteiger partial charge in [0.25, 0.3) is 5.91 Å². The average Bonchev–Trinajstić information content (AvgIpc) is 2.84. The third kappa shape index (κ3) is 6.45. The molecule has 1 amide bonds. The van der Waals surface area contributed by atoms with Gasteiger partial charge in [-0.1, -0.05) is 0 Å². The Balaban J connectivity index is 2.01. The van der Waals surface area contributed by atoms with Crippen molar-refractivity contribution >= 4 is 23.6 Å². The lowest BCUT2D eigenvalue weighted by Crippen LogP contribution is -2.20. The lowest BCUT2D eigenvalue weighted by molar-refractivity contribution is -0.142. The predicted octanol–water partition coefficient (Wildman–Crippen LogP) is 2.93. The highest BCUT2D eigenvalue weighted by Gasteiger charge is 2.15. The van der Waals surface area contributed by atoms with Gasteiger partial charge in [0.1, 0.15) is 0 Å². The number of carbonyl (C=O) groups is 2. The second-order valence-electron chi connectivity index (χ2n) is 6.36. The van der Waals surface area contributed by atoms with E-state index in [0.717, 1.165) is 0 Å². The van der Waals surface area contributed by atoms with Crippen molar-refractivity contribution in [3.63, 3.8) is 0 Å². The molecular weight excluding hydrogens is 434 g/mol. The topological polar surface area (TPSA) is 111 Å².